The lowest BCUT2D eigenvalue weighted by Gasteiger charge is -2.60. The summed E-state index contributed by atoms with van der Waals surface area (Å²) in [5.74, 6) is 0.838. The van der Waals surface area contributed by atoms with Crippen molar-refractivity contribution in [2.45, 2.75) is 210 Å². The van der Waals surface area contributed by atoms with E-state index in [1.165, 1.54) is 6.92 Å². The summed E-state index contributed by atoms with van der Waals surface area (Å²) in [6.45, 7) is 13.9. The second-order valence-electron chi connectivity index (χ2n) is 21.2. The highest BCUT2D eigenvalue weighted by atomic mass is 16.8. The van der Waals surface area contributed by atoms with E-state index in [2.05, 4.69) is 33.8 Å². The van der Waals surface area contributed by atoms with Crippen molar-refractivity contribution in [1.82, 2.24) is 0 Å². The first-order valence-electron chi connectivity index (χ1n) is 23.7. The zero-order chi connectivity index (χ0) is 46.4. The highest BCUT2D eigenvalue weighted by Crippen LogP contribution is 2.71. The van der Waals surface area contributed by atoms with Crippen LogP contribution < -0.4 is 0 Å². The SMILES string of the molecule is CC(=O)O.C[C@@H]1CC[C@@]2(OC1)O[C@H]1C[C@H]3[C@@H]4CC=C5C[C@@H](O)C[C@@H](O[C@@H]6O[C@H](C)[C@H](O)[C@H](O[C@@H]7OC[C@@H](O)[C@H](O)[C@H]7O)[C@H]6O[C@@H]6O[C@@H](C)[C@H](O)[C@@H](O)[C@H]6O)[C@]5(C)[C@H]4CC[C@]3(C)[C@H]1[C@@H]2C. The maximum absolute atomic E-state index is 11.6. The van der Waals surface area contributed by atoms with E-state index < -0.39 is 115 Å². The predicted molar refractivity (Wildman–Crippen MR) is 221 cm³/mol. The molecule has 0 aromatic carbocycles. The van der Waals surface area contributed by atoms with E-state index in [9.17, 15) is 40.9 Å². The smallest absolute Gasteiger partial charge is 0.300 e. The van der Waals surface area contributed by atoms with E-state index >= 15 is 0 Å². The standard InChI is InChI=1S/C44H70O16.C2H4O2/c1-18-9-12-44(54-16-18)19(2)30-28(60-44)15-26-24-8-7-22-13-23(45)14-29(43(22,6)25(24)10-11-42(26,30)5)57-41-38(59-40-36(52)34(50)31(47)20(3)55-40)37(32(48)21(4)56-41)58-39-35(51)33(49)27(46)17-53-39;1-2(3)4/h7,18-21,23-41,45-52H,8-17H2,1-6H3;1H3,(H,3,4)/t18-,19+,20+,21-,23-,24-,25+,26+,27-,28+,29-,30+,31+,32+,33+,34-,35-,36-,37+,38-,39+,40+,41+,42+,43+,44-;/m1./s1. The van der Waals surface area contributed by atoms with Crippen molar-refractivity contribution in [3.8, 4) is 0 Å². The molecular weight excluding hydrogens is 840 g/mol. The van der Waals surface area contributed by atoms with Crippen LogP contribution in [0.15, 0.2) is 11.6 Å². The molecule has 5 heterocycles. The second kappa shape index (κ2) is 18.5. The third-order valence-electron chi connectivity index (χ3n) is 17.3. The average molecular weight is 915 g/mol. The highest BCUT2D eigenvalue weighted by Gasteiger charge is 2.69. The molecule has 9 rings (SSSR count). The Morgan fingerprint density at radius 1 is 0.734 bits per heavy atom. The van der Waals surface area contributed by atoms with Gasteiger partial charge in [-0.2, -0.15) is 0 Å². The fourth-order valence-corrected chi connectivity index (χ4v) is 13.8. The zero-order valence-electron chi connectivity index (χ0n) is 38.1. The summed E-state index contributed by atoms with van der Waals surface area (Å²) < 4.78 is 51.1. The number of allylic oxidation sites excluding steroid dienone is 1. The minimum atomic E-state index is -1.72. The Hall–Kier alpha value is -1.43. The van der Waals surface area contributed by atoms with Gasteiger partial charge in [-0.25, -0.2) is 0 Å². The van der Waals surface area contributed by atoms with Crippen LogP contribution in [0.3, 0.4) is 0 Å². The lowest BCUT2D eigenvalue weighted by atomic mass is 9.46. The number of carboxylic acids is 1. The third-order valence-corrected chi connectivity index (χ3v) is 17.3. The Labute approximate surface area is 375 Å². The molecule has 4 aliphatic carbocycles. The molecule has 18 nitrogen and oxygen atoms in total. The summed E-state index contributed by atoms with van der Waals surface area (Å²) in [5, 5.41) is 94.2. The number of ether oxygens (including phenoxy) is 8. The van der Waals surface area contributed by atoms with Crippen LogP contribution in [0.4, 0.5) is 0 Å². The quantitative estimate of drug-likeness (QED) is 0.168. The molecule has 1 spiro atoms. The molecule has 0 unspecified atom stereocenters. The normalized spacial score (nSPS) is 55.9. The van der Waals surface area contributed by atoms with Crippen molar-refractivity contribution < 1.29 is 88.6 Å². The molecule has 0 aromatic heterocycles. The maximum atomic E-state index is 11.6. The van der Waals surface area contributed by atoms with Gasteiger partial charge in [0.25, 0.3) is 5.97 Å². The van der Waals surface area contributed by atoms with Crippen LogP contribution in [0.1, 0.15) is 99.8 Å². The molecule has 0 radical (unpaired) electrons. The summed E-state index contributed by atoms with van der Waals surface area (Å²) >= 11 is 0. The van der Waals surface area contributed by atoms with Gasteiger partial charge in [-0.1, -0.05) is 39.3 Å². The van der Waals surface area contributed by atoms with E-state index in [-0.39, 0.29) is 36.4 Å². The molecule has 26 atom stereocenters. The number of carboxylic acid groups (broad SMARTS) is 1. The van der Waals surface area contributed by atoms with Gasteiger partial charge in [0.1, 0.15) is 54.9 Å². The van der Waals surface area contributed by atoms with Crippen molar-refractivity contribution >= 4 is 5.97 Å². The zero-order valence-corrected chi connectivity index (χ0v) is 38.1. The lowest BCUT2D eigenvalue weighted by Crippen LogP contribution is -2.66. The largest absolute Gasteiger partial charge is 0.481 e. The average Bonchev–Trinajstić information content (AvgIpc) is 3.69. The van der Waals surface area contributed by atoms with Gasteiger partial charge in [0, 0.05) is 31.1 Å². The van der Waals surface area contributed by atoms with Gasteiger partial charge in [-0.3, -0.25) is 4.79 Å². The topological polar surface area (TPSA) is 273 Å². The molecule has 9 aliphatic rings. The summed E-state index contributed by atoms with van der Waals surface area (Å²) in [7, 11) is 0. The van der Waals surface area contributed by atoms with Crippen molar-refractivity contribution in [1.29, 1.82) is 0 Å². The van der Waals surface area contributed by atoms with Gasteiger partial charge < -0.3 is 83.9 Å². The van der Waals surface area contributed by atoms with Gasteiger partial charge in [-0.15, -0.1) is 0 Å². The minimum absolute atomic E-state index is 0.0699. The van der Waals surface area contributed by atoms with Crippen molar-refractivity contribution in [2.24, 2.45) is 46.3 Å². The van der Waals surface area contributed by atoms with E-state index in [1.807, 2.05) is 0 Å². The molecule has 8 fully saturated rings. The van der Waals surface area contributed by atoms with Gasteiger partial charge in [0.15, 0.2) is 24.7 Å². The van der Waals surface area contributed by atoms with Crippen molar-refractivity contribution in [2.75, 3.05) is 13.2 Å². The van der Waals surface area contributed by atoms with Crippen LogP contribution in [-0.2, 0) is 42.7 Å². The monoisotopic (exact) mass is 914 g/mol. The second-order valence-corrected chi connectivity index (χ2v) is 21.2. The van der Waals surface area contributed by atoms with Crippen LogP contribution in [0.5, 0.6) is 0 Å². The Morgan fingerprint density at radius 3 is 2.08 bits per heavy atom. The fraction of sp³-hybridized carbons (Fsp3) is 0.935. The highest BCUT2D eigenvalue weighted by molar-refractivity contribution is 5.63. The van der Waals surface area contributed by atoms with Gasteiger partial charge in [0.2, 0.25) is 0 Å². The van der Waals surface area contributed by atoms with Crippen LogP contribution in [0.2, 0.25) is 0 Å². The number of aliphatic carboxylic acids is 1. The first-order valence-corrected chi connectivity index (χ1v) is 23.7. The van der Waals surface area contributed by atoms with Crippen molar-refractivity contribution in [3.63, 3.8) is 0 Å². The van der Waals surface area contributed by atoms with Crippen LogP contribution in [-0.4, -0.2) is 175 Å². The maximum Gasteiger partial charge on any atom is 0.300 e. The molecule has 366 valence electrons. The molecule has 0 amide bonds. The third kappa shape index (κ3) is 8.44. The van der Waals surface area contributed by atoms with E-state index in [4.69, 9.17) is 47.8 Å². The van der Waals surface area contributed by atoms with Crippen LogP contribution in [0.25, 0.3) is 0 Å². The molecule has 3 saturated carbocycles. The Morgan fingerprint density at radius 2 is 1.39 bits per heavy atom. The Bertz CT molecular complexity index is 1670. The van der Waals surface area contributed by atoms with E-state index in [0.717, 1.165) is 57.6 Å². The number of aliphatic hydroxyl groups is 8. The fourth-order valence-electron chi connectivity index (χ4n) is 13.8. The van der Waals surface area contributed by atoms with Gasteiger partial charge >= 0.3 is 0 Å². The van der Waals surface area contributed by atoms with Gasteiger partial charge in [0.05, 0.1) is 43.7 Å². The number of rotatable bonds is 6. The molecule has 64 heavy (non-hydrogen) atoms. The van der Waals surface area contributed by atoms with Crippen LogP contribution in [0, 0.1) is 46.3 Å². The molecule has 5 saturated heterocycles. The predicted octanol–water partition coefficient (Wildman–Crippen LogP) is 0.943. The summed E-state index contributed by atoms with van der Waals surface area (Å²) in [6.07, 6.45) is -12.0. The first kappa shape index (κ1) is 49.0. The molecule has 0 aromatic rings. The van der Waals surface area contributed by atoms with Crippen molar-refractivity contribution in [3.05, 3.63) is 11.6 Å². The molecule has 0 bridgehead atoms. The number of carbonyl (C=O) groups is 1. The number of aliphatic hydroxyl groups excluding tert-OH is 8. The first-order chi connectivity index (χ1) is 30.1. The van der Waals surface area contributed by atoms with E-state index in [1.54, 1.807) is 6.92 Å². The number of hydrogen-bond acceptors (Lipinski definition) is 17. The number of fused-ring (bicyclic) bond motifs is 7. The van der Waals surface area contributed by atoms with Gasteiger partial charge in [-0.05, 0) is 87.4 Å². The Kier molecular flexibility index (Phi) is 14.1. The lowest BCUT2D eigenvalue weighted by molar-refractivity contribution is -0.391. The van der Waals surface area contributed by atoms with Crippen LogP contribution >= 0.6 is 0 Å². The summed E-state index contributed by atoms with van der Waals surface area (Å²) in [4.78, 5) is 9.00. The molecular formula is C46H74O18. The summed E-state index contributed by atoms with van der Waals surface area (Å²) in [5.41, 5.74) is 0.681. The summed E-state index contributed by atoms with van der Waals surface area (Å²) in [6, 6.07) is 0. The molecule has 18 heteroatoms. The molecule has 5 aliphatic heterocycles. The van der Waals surface area contributed by atoms with E-state index in [0.29, 0.717) is 30.1 Å². The Balaban J connectivity index is 0.00000135. The molecule has 9 N–H and O–H groups in total. The number of hydrogen-bond donors (Lipinski definition) is 9. The minimum Gasteiger partial charge on any atom is -0.481 e.